The Morgan fingerprint density at radius 2 is 2.40 bits per heavy atom. The molecule has 2 aromatic rings. The van der Waals surface area contributed by atoms with Crippen LogP contribution in [0.2, 0.25) is 0 Å². The lowest BCUT2D eigenvalue weighted by atomic mass is 10.3. The zero-order chi connectivity index (χ0) is 10.5. The van der Waals surface area contributed by atoms with Gasteiger partial charge in [0.05, 0.1) is 7.11 Å². The van der Waals surface area contributed by atoms with Crippen molar-refractivity contribution in [3.8, 4) is 11.5 Å². The van der Waals surface area contributed by atoms with Crippen molar-refractivity contribution in [1.82, 2.24) is 20.6 Å². The van der Waals surface area contributed by atoms with Crippen LogP contribution in [-0.4, -0.2) is 27.7 Å². The van der Waals surface area contributed by atoms with Crippen molar-refractivity contribution in [3.63, 3.8) is 0 Å². The molecule has 77 valence electrons. The summed E-state index contributed by atoms with van der Waals surface area (Å²) in [6.07, 6.45) is 0. The maximum atomic E-state index is 5.44. The molecule has 0 aliphatic heterocycles. The van der Waals surface area contributed by atoms with Gasteiger partial charge in [0, 0.05) is 0 Å². The maximum Gasteiger partial charge on any atom is 0.186 e. The second kappa shape index (κ2) is 4.41. The third-order valence-corrected chi connectivity index (χ3v) is 1.76. The van der Waals surface area contributed by atoms with Gasteiger partial charge in [-0.05, 0) is 28.6 Å². The van der Waals surface area contributed by atoms with Crippen LogP contribution in [0.5, 0.6) is 11.5 Å². The predicted molar refractivity (Wildman–Crippen MR) is 50.3 cm³/mol. The summed E-state index contributed by atoms with van der Waals surface area (Å²) in [5, 5.41) is 13.2. The van der Waals surface area contributed by atoms with E-state index in [1.54, 1.807) is 25.3 Å². The quantitative estimate of drug-likeness (QED) is 0.790. The first-order valence-corrected chi connectivity index (χ1v) is 4.29. The van der Waals surface area contributed by atoms with Crippen molar-refractivity contribution in [2.45, 2.75) is 6.61 Å². The van der Waals surface area contributed by atoms with E-state index in [1.165, 1.54) is 0 Å². The summed E-state index contributed by atoms with van der Waals surface area (Å²) in [7, 11) is 1.58. The summed E-state index contributed by atoms with van der Waals surface area (Å²) in [6.45, 7) is 0.265. The molecule has 0 amide bonds. The first-order valence-electron chi connectivity index (χ1n) is 4.29. The van der Waals surface area contributed by atoms with Crippen LogP contribution in [0, 0.1) is 6.07 Å². The average Bonchev–Trinajstić information content (AvgIpc) is 2.79. The molecule has 15 heavy (non-hydrogen) atoms. The third kappa shape index (κ3) is 2.22. The Bertz CT molecular complexity index is 416. The lowest BCUT2D eigenvalue weighted by Crippen LogP contribution is -1.99. The Morgan fingerprint density at radius 3 is 3.13 bits per heavy atom. The van der Waals surface area contributed by atoms with Gasteiger partial charge in [0.25, 0.3) is 0 Å². The van der Waals surface area contributed by atoms with Crippen molar-refractivity contribution in [3.05, 3.63) is 30.1 Å². The molecule has 0 bridgehead atoms. The number of tetrazole rings is 1. The molecule has 0 saturated heterocycles. The Balaban J connectivity index is 2.04. The minimum absolute atomic E-state index is 0.265. The van der Waals surface area contributed by atoms with E-state index in [0.717, 1.165) is 0 Å². The van der Waals surface area contributed by atoms with Crippen LogP contribution in [0.4, 0.5) is 0 Å². The molecule has 1 N–H and O–H groups in total. The summed E-state index contributed by atoms with van der Waals surface area (Å²) in [5.41, 5.74) is 0. The monoisotopic (exact) mass is 205 g/mol. The molecule has 0 saturated carbocycles. The largest absolute Gasteiger partial charge is 0.493 e. The summed E-state index contributed by atoms with van der Waals surface area (Å²) >= 11 is 0. The van der Waals surface area contributed by atoms with Gasteiger partial charge in [-0.2, -0.15) is 0 Å². The zero-order valence-corrected chi connectivity index (χ0v) is 8.10. The Kier molecular flexibility index (Phi) is 2.77. The topological polar surface area (TPSA) is 72.9 Å². The van der Waals surface area contributed by atoms with E-state index in [-0.39, 0.29) is 6.61 Å². The number of aromatic amines is 1. The highest BCUT2D eigenvalue weighted by atomic mass is 16.5. The van der Waals surface area contributed by atoms with E-state index in [2.05, 4.69) is 26.7 Å². The minimum atomic E-state index is 0.265. The van der Waals surface area contributed by atoms with Gasteiger partial charge in [-0.25, -0.2) is 5.10 Å². The average molecular weight is 205 g/mol. The second-order valence-electron chi connectivity index (χ2n) is 2.71. The van der Waals surface area contributed by atoms with Gasteiger partial charge >= 0.3 is 0 Å². The van der Waals surface area contributed by atoms with Crippen LogP contribution in [0.15, 0.2) is 18.2 Å². The fourth-order valence-electron chi connectivity index (χ4n) is 1.07. The standard InChI is InChI=1S/C9H9N4O2/c1-14-7-4-2-3-5-8(7)15-6-9-10-12-13-11-9/h2,4-5H,6H2,1H3,(H,10,11,12,13). The summed E-state index contributed by atoms with van der Waals surface area (Å²) in [6, 6.07) is 8.12. The molecule has 6 nitrogen and oxygen atoms in total. The number of aromatic nitrogens is 4. The van der Waals surface area contributed by atoms with E-state index < -0.39 is 0 Å². The van der Waals surface area contributed by atoms with Gasteiger partial charge in [-0.1, -0.05) is 6.07 Å². The number of H-pyrrole nitrogens is 1. The molecule has 0 fully saturated rings. The van der Waals surface area contributed by atoms with Gasteiger partial charge in [0.15, 0.2) is 17.3 Å². The van der Waals surface area contributed by atoms with Crippen LogP contribution >= 0.6 is 0 Å². The molecule has 0 atom stereocenters. The fourth-order valence-corrected chi connectivity index (χ4v) is 1.07. The number of nitrogens with zero attached hydrogens (tertiary/aromatic N) is 3. The lowest BCUT2D eigenvalue weighted by Gasteiger charge is -2.07. The van der Waals surface area contributed by atoms with Crippen molar-refractivity contribution >= 4 is 0 Å². The van der Waals surface area contributed by atoms with Gasteiger partial charge < -0.3 is 9.47 Å². The molecule has 1 aromatic carbocycles. The number of methoxy groups -OCH3 is 1. The molecule has 0 aliphatic rings. The maximum absolute atomic E-state index is 5.44. The molecule has 2 rings (SSSR count). The number of hydrogen-bond donors (Lipinski definition) is 1. The highest BCUT2D eigenvalue weighted by Crippen LogP contribution is 2.25. The lowest BCUT2D eigenvalue weighted by molar-refractivity contribution is 0.276. The Morgan fingerprint density at radius 1 is 1.47 bits per heavy atom. The number of hydrogen-bond acceptors (Lipinski definition) is 5. The Hall–Kier alpha value is -2.11. The van der Waals surface area contributed by atoms with Gasteiger partial charge in [0.2, 0.25) is 0 Å². The minimum Gasteiger partial charge on any atom is -0.493 e. The van der Waals surface area contributed by atoms with E-state index in [4.69, 9.17) is 9.47 Å². The number of ether oxygens (including phenoxy) is 2. The van der Waals surface area contributed by atoms with Crippen LogP contribution in [0.3, 0.4) is 0 Å². The molecule has 0 aliphatic carbocycles. The van der Waals surface area contributed by atoms with Gasteiger partial charge in [0.1, 0.15) is 6.61 Å². The molecule has 0 unspecified atom stereocenters. The fraction of sp³-hybridized carbons (Fsp3) is 0.222. The molecule has 6 heteroatoms. The van der Waals surface area contributed by atoms with Crippen molar-refractivity contribution < 1.29 is 9.47 Å². The van der Waals surface area contributed by atoms with Crippen LogP contribution < -0.4 is 9.47 Å². The van der Waals surface area contributed by atoms with Gasteiger partial charge in [-0.3, -0.25) is 0 Å². The highest BCUT2D eigenvalue weighted by Gasteiger charge is 2.04. The second-order valence-corrected chi connectivity index (χ2v) is 2.71. The summed E-state index contributed by atoms with van der Waals surface area (Å²) < 4.78 is 10.6. The van der Waals surface area contributed by atoms with Crippen molar-refractivity contribution in [2.75, 3.05) is 7.11 Å². The number of nitrogens with one attached hydrogen (secondary N) is 1. The highest BCUT2D eigenvalue weighted by molar-refractivity contribution is 5.38. The molecular formula is C9H9N4O2. The Labute approximate surface area is 86.2 Å². The summed E-state index contributed by atoms with van der Waals surface area (Å²) in [4.78, 5) is 0. The van der Waals surface area contributed by atoms with Crippen LogP contribution in [-0.2, 0) is 6.61 Å². The van der Waals surface area contributed by atoms with E-state index >= 15 is 0 Å². The SMILES string of the molecule is COc1cc[c]cc1OCc1nnn[nH]1. The predicted octanol–water partition coefficient (Wildman–Crippen LogP) is 0.587. The van der Waals surface area contributed by atoms with Crippen LogP contribution in [0.1, 0.15) is 5.82 Å². The van der Waals surface area contributed by atoms with Crippen molar-refractivity contribution in [1.29, 1.82) is 0 Å². The van der Waals surface area contributed by atoms with E-state index in [0.29, 0.717) is 17.3 Å². The normalized spacial score (nSPS) is 9.93. The van der Waals surface area contributed by atoms with Gasteiger partial charge in [-0.15, -0.1) is 5.10 Å². The molecular weight excluding hydrogens is 196 g/mol. The summed E-state index contributed by atoms with van der Waals surface area (Å²) in [5.74, 6) is 1.82. The zero-order valence-electron chi connectivity index (χ0n) is 8.10. The molecule has 1 radical (unpaired) electrons. The van der Waals surface area contributed by atoms with E-state index in [1.807, 2.05) is 0 Å². The third-order valence-electron chi connectivity index (χ3n) is 1.76. The number of benzene rings is 1. The van der Waals surface area contributed by atoms with Crippen molar-refractivity contribution in [2.24, 2.45) is 0 Å². The first-order chi connectivity index (χ1) is 7.40. The first kappa shape index (κ1) is 9.45. The smallest absolute Gasteiger partial charge is 0.186 e. The molecule has 1 heterocycles. The number of rotatable bonds is 4. The van der Waals surface area contributed by atoms with E-state index in [9.17, 15) is 0 Å². The van der Waals surface area contributed by atoms with Crippen LogP contribution in [0.25, 0.3) is 0 Å². The molecule has 1 aromatic heterocycles. The molecule has 0 spiro atoms.